The van der Waals surface area contributed by atoms with Crippen LogP contribution < -0.4 is 11.1 Å². The highest BCUT2D eigenvalue weighted by Crippen LogP contribution is 2.22. The molecule has 0 unspecified atom stereocenters. The van der Waals surface area contributed by atoms with Crippen LogP contribution in [0.1, 0.15) is 5.01 Å². The second kappa shape index (κ2) is 5.18. The molecule has 5 heteroatoms. The van der Waals surface area contributed by atoms with Gasteiger partial charge in [-0.05, 0) is 18.2 Å². The number of hydrogen-bond acceptors (Lipinski definition) is 4. The van der Waals surface area contributed by atoms with Gasteiger partial charge in [-0.25, -0.2) is 4.98 Å². The molecule has 1 heterocycles. The molecule has 2 rings (SSSR count). The molecule has 0 saturated carbocycles. The third-order valence-corrected chi connectivity index (χ3v) is 3.23. The number of rotatable bonds is 4. The van der Waals surface area contributed by atoms with Gasteiger partial charge in [-0.1, -0.05) is 11.6 Å². The van der Waals surface area contributed by atoms with Crippen LogP contribution >= 0.6 is 22.9 Å². The fraction of sp³-hybridized carbons (Fsp3) is 0.182. The summed E-state index contributed by atoms with van der Waals surface area (Å²) in [5.74, 6) is 0. The highest BCUT2D eigenvalue weighted by molar-refractivity contribution is 7.09. The van der Waals surface area contributed by atoms with E-state index in [0.717, 1.165) is 23.7 Å². The summed E-state index contributed by atoms with van der Waals surface area (Å²) in [7, 11) is 0. The molecule has 0 fully saturated rings. The number of nitrogens with two attached hydrogens (primary N) is 1. The molecule has 1 aromatic heterocycles. The summed E-state index contributed by atoms with van der Waals surface area (Å²) in [5, 5.41) is 7.03. The number of nitrogens with one attached hydrogen (secondary N) is 1. The Bertz CT molecular complexity index is 456. The smallest absolute Gasteiger partial charge is 0.0942 e. The molecule has 0 aliphatic carbocycles. The molecule has 0 amide bonds. The number of thiazole rings is 1. The number of anilines is 2. The molecular weight excluding hydrogens is 242 g/mol. The largest absolute Gasteiger partial charge is 0.397 e. The molecule has 2 aromatic rings. The van der Waals surface area contributed by atoms with Crippen LogP contribution in [0.15, 0.2) is 29.8 Å². The Morgan fingerprint density at radius 1 is 1.44 bits per heavy atom. The Kier molecular flexibility index (Phi) is 3.64. The van der Waals surface area contributed by atoms with Gasteiger partial charge in [0.15, 0.2) is 0 Å². The lowest BCUT2D eigenvalue weighted by Gasteiger charge is -2.08. The summed E-state index contributed by atoms with van der Waals surface area (Å²) < 4.78 is 0. The second-order valence-corrected chi connectivity index (χ2v) is 4.75. The summed E-state index contributed by atoms with van der Waals surface area (Å²) in [5.41, 5.74) is 7.41. The first-order valence-corrected chi connectivity index (χ1v) is 6.19. The highest BCUT2D eigenvalue weighted by Gasteiger charge is 2.00. The molecular formula is C11H12ClN3S. The number of benzene rings is 1. The van der Waals surface area contributed by atoms with Gasteiger partial charge in [0.25, 0.3) is 0 Å². The minimum absolute atomic E-state index is 0.686. The number of nitrogens with zero attached hydrogens (tertiary/aromatic N) is 1. The summed E-state index contributed by atoms with van der Waals surface area (Å²) in [6.45, 7) is 0.804. The molecule has 0 atom stereocenters. The molecule has 84 valence electrons. The molecule has 0 saturated heterocycles. The van der Waals surface area contributed by atoms with Crippen LogP contribution in [-0.2, 0) is 6.42 Å². The predicted molar refractivity (Wildman–Crippen MR) is 70.2 cm³/mol. The van der Waals surface area contributed by atoms with Gasteiger partial charge in [0.2, 0.25) is 0 Å². The third-order valence-electron chi connectivity index (χ3n) is 2.15. The maximum Gasteiger partial charge on any atom is 0.0942 e. The van der Waals surface area contributed by atoms with Crippen molar-refractivity contribution in [2.45, 2.75) is 6.42 Å². The van der Waals surface area contributed by atoms with E-state index in [1.807, 2.05) is 17.6 Å². The van der Waals surface area contributed by atoms with Crippen molar-refractivity contribution in [3.8, 4) is 0 Å². The molecule has 3 nitrogen and oxygen atoms in total. The fourth-order valence-electron chi connectivity index (χ4n) is 1.36. The summed E-state index contributed by atoms with van der Waals surface area (Å²) in [6.07, 6.45) is 2.71. The molecule has 1 aromatic carbocycles. The van der Waals surface area contributed by atoms with Gasteiger partial charge in [0.05, 0.1) is 16.4 Å². The van der Waals surface area contributed by atoms with Gasteiger partial charge >= 0.3 is 0 Å². The Morgan fingerprint density at radius 2 is 2.31 bits per heavy atom. The molecule has 3 N–H and O–H groups in total. The average Bonchev–Trinajstić information content (AvgIpc) is 2.76. The van der Waals surface area contributed by atoms with Crippen molar-refractivity contribution in [1.29, 1.82) is 0 Å². The van der Waals surface area contributed by atoms with Crippen LogP contribution in [0.4, 0.5) is 11.4 Å². The quantitative estimate of drug-likeness (QED) is 0.824. The Balaban J connectivity index is 1.92. The van der Waals surface area contributed by atoms with E-state index < -0.39 is 0 Å². The Hall–Kier alpha value is -1.26. The van der Waals surface area contributed by atoms with Gasteiger partial charge in [0.1, 0.15) is 0 Å². The van der Waals surface area contributed by atoms with E-state index in [2.05, 4.69) is 10.3 Å². The number of nitrogen functional groups attached to an aromatic ring is 1. The molecule has 0 aliphatic rings. The predicted octanol–water partition coefficient (Wildman–Crippen LogP) is 3.03. The van der Waals surface area contributed by atoms with Crippen LogP contribution in [0.25, 0.3) is 0 Å². The zero-order valence-electron chi connectivity index (χ0n) is 8.61. The van der Waals surface area contributed by atoms with Crippen molar-refractivity contribution >= 4 is 34.3 Å². The van der Waals surface area contributed by atoms with Crippen molar-refractivity contribution in [3.63, 3.8) is 0 Å². The zero-order valence-corrected chi connectivity index (χ0v) is 10.2. The zero-order chi connectivity index (χ0) is 11.4. The first-order chi connectivity index (χ1) is 7.75. The molecule has 0 spiro atoms. The van der Waals surface area contributed by atoms with Gasteiger partial charge < -0.3 is 11.1 Å². The first kappa shape index (κ1) is 11.2. The first-order valence-electron chi connectivity index (χ1n) is 4.93. The van der Waals surface area contributed by atoms with Crippen molar-refractivity contribution < 1.29 is 0 Å². The Labute approximate surface area is 103 Å². The van der Waals surface area contributed by atoms with E-state index in [0.29, 0.717) is 10.7 Å². The van der Waals surface area contributed by atoms with Gasteiger partial charge in [-0.2, -0.15) is 0 Å². The molecule has 16 heavy (non-hydrogen) atoms. The number of hydrogen-bond donors (Lipinski definition) is 2. The minimum atomic E-state index is 0.686. The second-order valence-electron chi connectivity index (χ2n) is 3.33. The lowest BCUT2D eigenvalue weighted by molar-refractivity contribution is 0.999. The van der Waals surface area contributed by atoms with Crippen LogP contribution in [0, 0.1) is 0 Å². The summed E-state index contributed by atoms with van der Waals surface area (Å²) in [4.78, 5) is 4.21. The lowest BCUT2D eigenvalue weighted by Crippen LogP contribution is -2.06. The van der Waals surface area contributed by atoms with Crippen molar-refractivity contribution in [1.82, 2.24) is 4.98 Å². The highest BCUT2D eigenvalue weighted by atomic mass is 35.5. The fourth-order valence-corrected chi connectivity index (χ4v) is 2.15. The average molecular weight is 254 g/mol. The summed E-state index contributed by atoms with van der Waals surface area (Å²) in [6, 6.07) is 5.41. The van der Waals surface area contributed by atoms with Crippen molar-refractivity contribution in [2.24, 2.45) is 0 Å². The van der Waals surface area contributed by atoms with Crippen molar-refractivity contribution in [3.05, 3.63) is 39.8 Å². The maximum absolute atomic E-state index is 5.89. The SMILES string of the molecule is Nc1ccc(Cl)cc1NCCc1nccs1. The van der Waals surface area contributed by atoms with Crippen LogP contribution in [-0.4, -0.2) is 11.5 Å². The van der Waals surface area contributed by atoms with Gasteiger partial charge in [-0.3, -0.25) is 0 Å². The van der Waals surface area contributed by atoms with E-state index in [9.17, 15) is 0 Å². The third kappa shape index (κ3) is 2.87. The van der Waals surface area contributed by atoms with Crippen molar-refractivity contribution in [2.75, 3.05) is 17.6 Å². The minimum Gasteiger partial charge on any atom is -0.397 e. The lowest BCUT2D eigenvalue weighted by atomic mass is 10.2. The maximum atomic E-state index is 5.89. The molecule has 0 radical (unpaired) electrons. The molecule has 0 bridgehead atoms. The Morgan fingerprint density at radius 3 is 3.06 bits per heavy atom. The van der Waals surface area contributed by atoms with E-state index in [1.54, 1.807) is 23.5 Å². The monoisotopic (exact) mass is 253 g/mol. The van der Waals surface area contributed by atoms with E-state index in [1.165, 1.54) is 0 Å². The van der Waals surface area contributed by atoms with E-state index in [4.69, 9.17) is 17.3 Å². The topological polar surface area (TPSA) is 50.9 Å². The van der Waals surface area contributed by atoms with Gasteiger partial charge in [0, 0.05) is 29.6 Å². The normalized spacial score (nSPS) is 10.3. The standard InChI is InChI=1S/C11H12ClN3S/c12-8-1-2-9(13)10(7-8)14-4-3-11-15-5-6-16-11/h1-2,5-7,14H,3-4,13H2. The van der Waals surface area contributed by atoms with Crippen LogP contribution in [0.3, 0.4) is 0 Å². The van der Waals surface area contributed by atoms with E-state index >= 15 is 0 Å². The van der Waals surface area contributed by atoms with E-state index in [-0.39, 0.29) is 0 Å². The molecule has 0 aliphatic heterocycles. The number of aromatic nitrogens is 1. The van der Waals surface area contributed by atoms with Crippen LogP contribution in [0.5, 0.6) is 0 Å². The van der Waals surface area contributed by atoms with Crippen LogP contribution in [0.2, 0.25) is 5.02 Å². The van der Waals surface area contributed by atoms with Gasteiger partial charge in [-0.15, -0.1) is 11.3 Å². The summed E-state index contributed by atoms with van der Waals surface area (Å²) >= 11 is 7.55. The number of halogens is 1.